The molecule has 5 heteroatoms. The van der Waals surface area contributed by atoms with Gasteiger partial charge in [-0.15, -0.1) is 0 Å². The van der Waals surface area contributed by atoms with Crippen LogP contribution in [-0.4, -0.2) is 36.9 Å². The van der Waals surface area contributed by atoms with Gasteiger partial charge in [0.25, 0.3) is 0 Å². The van der Waals surface area contributed by atoms with Gasteiger partial charge in [0, 0.05) is 23.5 Å². The Balaban J connectivity index is 1.48. The van der Waals surface area contributed by atoms with Crippen molar-refractivity contribution in [3.8, 4) is 0 Å². The second kappa shape index (κ2) is 9.31. The number of methoxy groups -OCH3 is 1. The molecule has 2 atom stereocenters. The number of carbonyl (C=O) groups excluding carboxylic acids is 2. The fourth-order valence-corrected chi connectivity index (χ4v) is 4.50. The van der Waals surface area contributed by atoms with Gasteiger partial charge >= 0.3 is 5.97 Å². The largest absolute Gasteiger partial charge is 0.469 e. The molecule has 1 aromatic heterocycles. The van der Waals surface area contributed by atoms with Gasteiger partial charge in [-0.05, 0) is 54.6 Å². The highest BCUT2D eigenvalue weighted by molar-refractivity contribution is 5.91. The molecular formula is C26H28N2O3. The van der Waals surface area contributed by atoms with Gasteiger partial charge < -0.3 is 15.0 Å². The van der Waals surface area contributed by atoms with Crippen LogP contribution in [0.5, 0.6) is 0 Å². The van der Waals surface area contributed by atoms with E-state index in [1.165, 1.54) is 18.2 Å². The first-order chi connectivity index (χ1) is 15.1. The number of allylic oxidation sites excluding steroid dienone is 2. The molecule has 4 rings (SSSR count). The van der Waals surface area contributed by atoms with Crippen molar-refractivity contribution >= 4 is 28.2 Å². The van der Waals surface area contributed by atoms with E-state index in [4.69, 9.17) is 4.74 Å². The van der Waals surface area contributed by atoms with Crippen LogP contribution in [0.3, 0.4) is 0 Å². The lowest BCUT2D eigenvalue weighted by Crippen LogP contribution is -2.38. The molecule has 0 bridgehead atoms. The lowest BCUT2D eigenvalue weighted by Gasteiger charge is -2.20. The van der Waals surface area contributed by atoms with Gasteiger partial charge in [-0.3, -0.25) is 9.59 Å². The van der Waals surface area contributed by atoms with Gasteiger partial charge in [-0.25, -0.2) is 0 Å². The summed E-state index contributed by atoms with van der Waals surface area (Å²) in [5, 5.41) is 4.26. The molecule has 0 spiro atoms. The summed E-state index contributed by atoms with van der Waals surface area (Å²) in [5.41, 5.74) is 5.70. The molecule has 0 aliphatic heterocycles. The van der Waals surface area contributed by atoms with Crippen molar-refractivity contribution in [2.75, 3.05) is 14.2 Å². The van der Waals surface area contributed by atoms with Crippen LogP contribution in [0.15, 0.2) is 60.8 Å². The van der Waals surface area contributed by atoms with Crippen molar-refractivity contribution in [1.82, 2.24) is 10.3 Å². The molecule has 0 amide bonds. The maximum absolute atomic E-state index is 13.2. The van der Waals surface area contributed by atoms with E-state index in [9.17, 15) is 9.59 Å². The molecule has 1 aliphatic rings. The summed E-state index contributed by atoms with van der Waals surface area (Å²) in [7, 11) is 3.18. The molecule has 2 unspecified atom stereocenters. The Hall–Kier alpha value is -3.18. The number of ketones is 1. The highest BCUT2D eigenvalue weighted by Gasteiger charge is 2.29. The number of Topliss-reactive ketones (excluding diaryl/α,β-unsaturated/α-hetero) is 1. The number of likely N-dealkylation sites (N-methyl/N-ethyl adjacent to an activating group) is 1. The third-order valence-corrected chi connectivity index (χ3v) is 6.22. The number of rotatable bonds is 9. The average Bonchev–Trinajstić information content (AvgIpc) is 3.40. The summed E-state index contributed by atoms with van der Waals surface area (Å²) in [4.78, 5) is 29.0. The number of nitrogens with one attached hydrogen (secondary N) is 2. The van der Waals surface area contributed by atoms with Gasteiger partial charge in [-0.1, -0.05) is 48.5 Å². The van der Waals surface area contributed by atoms with E-state index < -0.39 is 5.92 Å². The Kier molecular flexibility index (Phi) is 6.33. The van der Waals surface area contributed by atoms with Crippen LogP contribution >= 0.6 is 0 Å². The molecule has 2 N–H and O–H groups in total. The van der Waals surface area contributed by atoms with E-state index in [2.05, 4.69) is 34.6 Å². The standard InChI is InChI=1S/C26H28N2O3/c1-27-24(14-20-16-28-23-10-6-5-9-22(20)23)25(29)15-19(26(30)31-2)13-18-12-11-17-7-3-4-8-21(17)18/h3-10,12,16,19,24,27-28H,11,13-15H2,1-2H3. The van der Waals surface area contributed by atoms with E-state index in [1.54, 1.807) is 7.05 Å². The van der Waals surface area contributed by atoms with Crippen molar-refractivity contribution in [2.24, 2.45) is 5.92 Å². The maximum atomic E-state index is 13.2. The fraction of sp³-hybridized carbons (Fsp3) is 0.308. The Morgan fingerprint density at radius 3 is 2.68 bits per heavy atom. The van der Waals surface area contributed by atoms with Crippen molar-refractivity contribution in [1.29, 1.82) is 0 Å². The number of para-hydroxylation sites is 1. The first kappa shape index (κ1) is 21.1. The van der Waals surface area contributed by atoms with Crippen LogP contribution in [-0.2, 0) is 27.2 Å². The van der Waals surface area contributed by atoms with E-state index in [0.717, 1.165) is 28.5 Å². The zero-order chi connectivity index (χ0) is 21.8. The van der Waals surface area contributed by atoms with Gasteiger partial charge in [0.15, 0.2) is 5.78 Å². The second-order valence-corrected chi connectivity index (χ2v) is 8.09. The van der Waals surface area contributed by atoms with Crippen LogP contribution < -0.4 is 5.32 Å². The topological polar surface area (TPSA) is 71.2 Å². The monoisotopic (exact) mass is 416 g/mol. The quantitative estimate of drug-likeness (QED) is 0.516. The average molecular weight is 417 g/mol. The molecule has 31 heavy (non-hydrogen) atoms. The van der Waals surface area contributed by atoms with E-state index in [1.807, 2.05) is 36.5 Å². The number of aromatic amines is 1. The summed E-state index contributed by atoms with van der Waals surface area (Å²) < 4.78 is 5.04. The number of ether oxygens (including phenoxy) is 1. The molecule has 0 saturated carbocycles. The number of hydrogen-bond acceptors (Lipinski definition) is 4. The molecule has 2 aromatic carbocycles. The Labute approximate surface area is 182 Å². The second-order valence-electron chi connectivity index (χ2n) is 8.09. The maximum Gasteiger partial charge on any atom is 0.309 e. The molecule has 0 radical (unpaired) electrons. The van der Waals surface area contributed by atoms with Crippen LogP contribution in [0.4, 0.5) is 0 Å². The molecule has 160 valence electrons. The summed E-state index contributed by atoms with van der Waals surface area (Å²) in [5.74, 6) is -0.802. The molecule has 0 saturated heterocycles. The van der Waals surface area contributed by atoms with Crippen molar-refractivity contribution in [2.45, 2.75) is 31.7 Å². The molecular weight excluding hydrogens is 388 g/mol. The van der Waals surface area contributed by atoms with Crippen LogP contribution in [0.1, 0.15) is 29.5 Å². The number of H-pyrrole nitrogens is 1. The van der Waals surface area contributed by atoms with Gasteiger partial charge in [0.2, 0.25) is 0 Å². The lowest BCUT2D eigenvalue weighted by molar-refractivity contribution is -0.147. The summed E-state index contributed by atoms with van der Waals surface area (Å²) in [6, 6.07) is 15.9. The summed E-state index contributed by atoms with van der Waals surface area (Å²) in [6.45, 7) is 0. The predicted octanol–water partition coefficient (Wildman–Crippen LogP) is 4.08. The SMILES string of the molecule is CNC(Cc1c[nH]c2ccccc12)C(=O)CC(CC1=CCc2ccccc21)C(=O)OC. The minimum absolute atomic E-state index is 0.0232. The zero-order valence-electron chi connectivity index (χ0n) is 18.0. The molecule has 3 aromatic rings. The highest BCUT2D eigenvalue weighted by atomic mass is 16.5. The minimum atomic E-state index is -0.492. The summed E-state index contributed by atoms with van der Waals surface area (Å²) in [6.07, 6.45) is 6.22. The lowest BCUT2D eigenvalue weighted by atomic mass is 9.88. The van der Waals surface area contributed by atoms with Gasteiger partial charge in [0.1, 0.15) is 0 Å². The number of hydrogen-bond donors (Lipinski definition) is 2. The molecule has 5 nitrogen and oxygen atoms in total. The molecule has 0 fully saturated rings. The van der Waals surface area contributed by atoms with E-state index in [0.29, 0.717) is 12.8 Å². The number of benzene rings is 2. The third kappa shape index (κ3) is 4.47. The summed E-state index contributed by atoms with van der Waals surface area (Å²) >= 11 is 0. The number of aromatic nitrogens is 1. The third-order valence-electron chi connectivity index (χ3n) is 6.22. The van der Waals surface area contributed by atoms with Gasteiger partial charge in [0.05, 0.1) is 19.1 Å². The number of carbonyl (C=O) groups is 2. The first-order valence-electron chi connectivity index (χ1n) is 10.7. The van der Waals surface area contributed by atoms with Crippen molar-refractivity contribution in [3.05, 3.63) is 77.5 Å². The van der Waals surface area contributed by atoms with Crippen molar-refractivity contribution in [3.63, 3.8) is 0 Å². The van der Waals surface area contributed by atoms with Crippen molar-refractivity contribution < 1.29 is 14.3 Å². The number of esters is 1. The van der Waals surface area contributed by atoms with Crippen LogP contribution in [0.25, 0.3) is 16.5 Å². The zero-order valence-corrected chi connectivity index (χ0v) is 18.0. The normalized spacial score (nSPS) is 14.7. The van der Waals surface area contributed by atoms with Crippen LogP contribution in [0.2, 0.25) is 0 Å². The minimum Gasteiger partial charge on any atom is -0.469 e. The smallest absolute Gasteiger partial charge is 0.309 e. The molecule has 1 heterocycles. The highest BCUT2D eigenvalue weighted by Crippen LogP contribution is 2.33. The Bertz CT molecular complexity index is 1130. The van der Waals surface area contributed by atoms with Gasteiger partial charge in [-0.2, -0.15) is 0 Å². The Morgan fingerprint density at radius 2 is 1.87 bits per heavy atom. The first-order valence-corrected chi connectivity index (χ1v) is 10.7. The van der Waals surface area contributed by atoms with Crippen LogP contribution in [0, 0.1) is 5.92 Å². The molecule has 1 aliphatic carbocycles. The number of fused-ring (bicyclic) bond motifs is 2. The Morgan fingerprint density at radius 1 is 1.10 bits per heavy atom. The van der Waals surface area contributed by atoms with E-state index >= 15 is 0 Å². The van der Waals surface area contributed by atoms with E-state index in [-0.39, 0.29) is 24.2 Å². The fourth-order valence-electron chi connectivity index (χ4n) is 4.50. The predicted molar refractivity (Wildman–Crippen MR) is 123 cm³/mol.